The number of methoxy groups -OCH3 is 1. The quantitative estimate of drug-likeness (QED) is 0.869. The van der Waals surface area contributed by atoms with E-state index in [2.05, 4.69) is 30.5 Å². The van der Waals surface area contributed by atoms with Crippen molar-refractivity contribution >= 4 is 10.9 Å². The smallest absolute Gasteiger partial charge is 0.119 e. The molecule has 0 fully saturated rings. The van der Waals surface area contributed by atoms with Gasteiger partial charge in [-0.1, -0.05) is 19.8 Å². The van der Waals surface area contributed by atoms with Crippen molar-refractivity contribution in [3.8, 4) is 5.75 Å². The fourth-order valence-electron chi connectivity index (χ4n) is 4.04. The number of ether oxygens (including phenoxy) is 1. The van der Waals surface area contributed by atoms with Gasteiger partial charge in [0.05, 0.1) is 12.6 Å². The van der Waals surface area contributed by atoms with Gasteiger partial charge < -0.3 is 14.4 Å². The Labute approximate surface area is 132 Å². The lowest BCUT2D eigenvalue weighted by molar-refractivity contribution is 0.299. The lowest BCUT2D eigenvalue weighted by Crippen LogP contribution is -2.17. The van der Waals surface area contributed by atoms with Crippen LogP contribution in [0.2, 0.25) is 0 Å². The summed E-state index contributed by atoms with van der Waals surface area (Å²) in [4.78, 5) is 0. The van der Waals surface area contributed by atoms with E-state index < -0.39 is 0 Å². The molecule has 1 aliphatic heterocycles. The van der Waals surface area contributed by atoms with Crippen LogP contribution in [-0.4, -0.2) is 23.4 Å². The average molecular weight is 301 g/mol. The molecule has 120 valence electrons. The SMILES string of the molecule is CCCCC1CCc2cc(OC)cc3c(CCO)c(C)n1c23. The molecule has 1 unspecified atom stereocenters. The largest absolute Gasteiger partial charge is 0.497 e. The van der Waals surface area contributed by atoms with Crippen molar-refractivity contribution in [2.75, 3.05) is 13.7 Å². The van der Waals surface area contributed by atoms with E-state index in [9.17, 15) is 5.11 Å². The fourth-order valence-corrected chi connectivity index (χ4v) is 4.04. The van der Waals surface area contributed by atoms with Crippen LogP contribution < -0.4 is 4.74 Å². The molecule has 0 spiro atoms. The molecule has 1 aromatic carbocycles. The van der Waals surface area contributed by atoms with Gasteiger partial charge in [-0.05, 0) is 55.9 Å². The van der Waals surface area contributed by atoms with Gasteiger partial charge in [-0.25, -0.2) is 0 Å². The topological polar surface area (TPSA) is 34.4 Å². The maximum Gasteiger partial charge on any atom is 0.119 e. The summed E-state index contributed by atoms with van der Waals surface area (Å²) in [6.07, 6.45) is 6.85. The van der Waals surface area contributed by atoms with Gasteiger partial charge in [0.2, 0.25) is 0 Å². The molecule has 22 heavy (non-hydrogen) atoms. The van der Waals surface area contributed by atoms with Crippen LogP contribution in [0.25, 0.3) is 10.9 Å². The summed E-state index contributed by atoms with van der Waals surface area (Å²) in [6.45, 7) is 4.68. The predicted molar refractivity (Wildman–Crippen MR) is 90.9 cm³/mol. The molecule has 1 aromatic heterocycles. The number of hydrogen-bond donors (Lipinski definition) is 1. The number of aromatic nitrogens is 1. The van der Waals surface area contributed by atoms with Gasteiger partial charge in [0.15, 0.2) is 0 Å². The number of aliphatic hydroxyl groups excluding tert-OH is 1. The van der Waals surface area contributed by atoms with Crippen molar-refractivity contribution in [3.63, 3.8) is 0 Å². The fraction of sp³-hybridized carbons (Fsp3) is 0.579. The molecule has 3 rings (SSSR count). The van der Waals surface area contributed by atoms with Crippen LogP contribution in [0.5, 0.6) is 5.75 Å². The lowest BCUT2D eigenvalue weighted by atomic mass is 9.95. The van der Waals surface area contributed by atoms with Crippen LogP contribution in [0.15, 0.2) is 12.1 Å². The monoisotopic (exact) mass is 301 g/mol. The summed E-state index contributed by atoms with van der Waals surface area (Å²) in [5, 5.41) is 10.7. The number of benzene rings is 1. The molecule has 2 aromatic rings. The van der Waals surface area contributed by atoms with E-state index in [1.807, 2.05) is 0 Å². The molecule has 1 atom stereocenters. The van der Waals surface area contributed by atoms with Gasteiger partial charge in [-0.15, -0.1) is 0 Å². The van der Waals surface area contributed by atoms with Crippen molar-refractivity contribution in [1.29, 1.82) is 0 Å². The van der Waals surface area contributed by atoms with Gasteiger partial charge in [0.1, 0.15) is 5.75 Å². The van der Waals surface area contributed by atoms with Crippen LogP contribution in [0.3, 0.4) is 0 Å². The first-order valence-corrected chi connectivity index (χ1v) is 8.52. The van der Waals surface area contributed by atoms with Crippen LogP contribution >= 0.6 is 0 Å². The van der Waals surface area contributed by atoms with Crippen molar-refractivity contribution in [3.05, 3.63) is 29.0 Å². The van der Waals surface area contributed by atoms with Gasteiger partial charge >= 0.3 is 0 Å². The van der Waals surface area contributed by atoms with Crippen molar-refractivity contribution in [2.24, 2.45) is 0 Å². The highest BCUT2D eigenvalue weighted by Gasteiger charge is 2.26. The van der Waals surface area contributed by atoms with Crippen molar-refractivity contribution in [2.45, 2.75) is 58.4 Å². The number of aryl methyl sites for hydroxylation is 1. The van der Waals surface area contributed by atoms with Crippen LogP contribution in [-0.2, 0) is 12.8 Å². The zero-order valence-electron chi connectivity index (χ0n) is 14.0. The second kappa shape index (κ2) is 6.33. The Morgan fingerprint density at radius 3 is 2.86 bits per heavy atom. The highest BCUT2D eigenvalue weighted by molar-refractivity contribution is 5.90. The normalized spacial score (nSPS) is 17.2. The Kier molecular flexibility index (Phi) is 4.44. The van der Waals surface area contributed by atoms with E-state index in [1.54, 1.807) is 7.11 Å². The van der Waals surface area contributed by atoms with Crippen LogP contribution in [0.1, 0.15) is 55.5 Å². The molecule has 0 radical (unpaired) electrons. The van der Waals surface area contributed by atoms with E-state index in [-0.39, 0.29) is 6.61 Å². The summed E-state index contributed by atoms with van der Waals surface area (Å²) in [5.74, 6) is 0.936. The van der Waals surface area contributed by atoms with Gasteiger partial charge in [0.25, 0.3) is 0 Å². The lowest BCUT2D eigenvalue weighted by Gasteiger charge is -2.27. The zero-order valence-corrected chi connectivity index (χ0v) is 14.0. The molecule has 3 heteroatoms. The second-order valence-corrected chi connectivity index (χ2v) is 6.42. The van der Waals surface area contributed by atoms with E-state index in [4.69, 9.17) is 4.74 Å². The van der Waals surface area contributed by atoms with E-state index >= 15 is 0 Å². The first-order valence-electron chi connectivity index (χ1n) is 8.52. The molecule has 0 aliphatic carbocycles. The van der Waals surface area contributed by atoms with E-state index in [0.717, 1.165) is 18.6 Å². The molecular formula is C19H27NO2. The molecule has 0 bridgehead atoms. The standard InChI is InChI=1S/C19H27NO2/c1-4-5-6-15-8-7-14-11-16(22-3)12-18-17(9-10-21)13(2)20(15)19(14)18/h11-12,15,21H,4-10H2,1-3H3. The molecule has 3 nitrogen and oxygen atoms in total. The molecule has 1 N–H and O–H groups in total. The third-order valence-electron chi connectivity index (χ3n) is 5.13. The number of unbranched alkanes of at least 4 members (excludes halogenated alkanes) is 1. The Morgan fingerprint density at radius 1 is 1.36 bits per heavy atom. The van der Waals surface area contributed by atoms with Crippen LogP contribution in [0, 0.1) is 6.92 Å². The van der Waals surface area contributed by atoms with Gasteiger partial charge in [-0.2, -0.15) is 0 Å². The maximum atomic E-state index is 9.46. The summed E-state index contributed by atoms with van der Waals surface area (Å²) in [6, 6.07) is 4.95. The summed E-state index contributed by atoms with van der Waals surface area (Å²) >= 11 is 0. The minimum Gasteiger partial charge on any atom is -0.497 e. The predicted octanol–water partition coefficient (Wildman–Crippen LogP) is 4.17. The van der Waals surface area contributed by atoms with Gasteiger partial charge in [-0.3, -0.25) is 0 Å². The molecule has 0 saturated heterocycles. The first kappa shape index (κ1) is 15.4. The molecular weight excluding hydrogens is 274 g/mol. The Bertz CT molecular complexity index is 672. The minimum absolute atomic E-state index is 0.201. The Balaban J connectivity index is 2.20. The molecule has 0 saturated carbocycles. The van der Waals surface area contributed by atoms with E-state index in [1.165, 1.54) is 53.4 Å². The maximum absolute atomic E-state index is 9.46. The third-order valence-corrected chi connectivity index (χ3v) is 5.13. The zero-order chi connectivity index (χ0) is 15.7. The third kappa shape index (κ3) is 2.41. The van der Waals surface area contributed by atoms with Crippen molar-refractivity contribution in [1.82, 2.24) is 4.57 Å². The second-order valence-electron chi connectivity index (χ2n) is 6.42. The molecule has 1 aliphatic rings. The minimum atomic E-state index is 0.201. The number of nitrogens with zero attached hydrogens (tertiary/aromatic N) is 1. The summed E-state index contributed by atoms with van der Waals surface area (Å²) < 4.78 is 8.04. The Morgan fingerprint density at radius 2 is 2.18 bits per heavy atom. The summed E-state index contributed by atoms with van der Waals surface area (Å²) in [5.41, 5.74) is 5.41. The highest BCUT2D eigenvalue weighted by Crippen LogP contribution is 2.41. The number of aliphatic hydroxyl groups is 1. The first-order chi connectivity index (χ1) is 10.7. The Hall–Kier alpha value is -1.48. The van der Waals surface area contributed by atoms with Crippen LogP contribution in [0.4, 0.5) is 0 Å². The van der Waals surface area contributed by atoms with Gasteiger partial charge in [0, 0.05) is 23.7 Å². The number of rotatable bonds is 6. The average Bonchev–Trinajstić information content (AvgIpc) is 2.82. The molecule has 0 amide bonds. The van der Waals surface area contributed by atoms with Crippen molar-refractivity contribution < 1.29 is 9.84 Å². The van der Waals surface area contributed by atoms with E-state index in [0.29, 0.717) is 6.04 Å². The highest BCUT2D eigenvalue weighted by atomic mass is 16.5. The number of hydrogen-bond acceptors (Lipinski definition) is 2. The summed E-state index contributed by atoms with van der Waals surface area (Å²) in [7, 11) is 1.73. The molecule has 2 heterocycles.